The molecule has 1 aromatic heterocycles. The number of fused-ring (bicyclic) bond motifs is 3. The van der Waals surface area contributed by atoms with Crippen LogP contribution in [-0.2, 0) is 0 Å². The summed E-state index contributed by atoms with van der Waals surface area (Å²) < 4.78 is 0. The van der Waals surface area contributed by atoms with E-state index in [9.17, 15) is 0 Å². The Hall–Kier alpha value is -1.72. The number of pyridine rings is 1. The summed E-state index contributed by atoms with van der Waals surface area (Å²) >= 11 is 0. The van der Waals surface area contributed by atoms with Crippen molar-refractivity contribution in [3.63, 3.8) is 0 Å². The highest BCUT2D eigenvalue weighted by Crippen LogP contribution is 2.33. The van der Waals surface area contributed by atoms with Crippen molar-refractivity contribution in [1.82, 2.24) is 4.98 Å². The molecule has 2 heterocycles. The number of rotatable bonds is 1. The highest BCUT2D eigenvalue weighted by molar-refractivity contribution is 7.15. The van der Waals surface area contributed by atoms with Gasteiger partial charge in [0, 0.05) is 17.1 Å². The first-order valence-electron chi connectivity index (χ1n) is 9.20. The summed E-state index contributed by atoms with van der Waals surface area (Å²) in [6.45, 7) is 14.6. The number of aromatic nitrogens is 1. The molecule has 0 aliphatic carbocycles. The second kappa shape index (κ2) is 5.39. The van der Waals surface area contributed by atoms with Gasteiger partial charge >= 0.3 is 0 Å². The standard InChI is InChI=1S/C22H27NSi2/c1-15-11-16(2)13-17(12-15)21-18-7-8-20-22(19(18)9-10-23-21)25(5,6)14-24(20,3)4/h7-13H,14H2,1-6H3. The fraction of sp³-hybridized carbons (Fsp3) is 0.318. The molecule has 3 aromatic rings. The third-order valence-corrected chi connectivity index (χ3v) is 16.8. The first kappa shape index (κ1) is 16.7. The van der Waals surface area contributed by atoms with E-state index in [4.69, 9.17) is 4.98 Å². The van der Waals surface area contributed by atoms with Gasteiger partial charge in [0.2, 0.25) is 0 Å². The fourth-order valence-electron chi connectivity index (χ4n) is 5.18. The van der Waals surface area contributed by atoms with Crippen LogP contribution in [0.5, 0.6) is 0 Å². The van der Waals surface area contributed by atoms with E-state index >= 15 is 0 Å². The molecule has 0 bridgehead atoms. The minimum Gasteiger partial charge on any atom is -0.256 e. The second-order valence-corrected chi connectivity index (χ2v) is 19.1. The van der Waals surface area contributed by atoms with Crippen molar-refractivity contribution in [3.05, 3.63) is 53.7 Å². The summed E-state index contributed by atoms with van der Waals surface area (Å²) in [5.74, 6) is 0. The van der Waals surface area contributed by atoms with E-state index in [1.165, 1.54) is 33.1 Å². The molecule has 0 atom stereocenters. The molecule has 3 heteroatoms. The molecular formula is C22H27NSi2. The Labute approximate surface area is 153 Å². The molecular weight excluding hydrogens is 334 g/mol. The number of hydrogen-bond donors (Lipinski definition) is 0. The van der Waals surface area contributed by atoms with Crippen LogP contribution in [-0.4, -0.2) is 21.1 Å². The van der Waals surface area contributed by atoms with Crippen LogP contribution in [0.3, 0.4) is 0 Å². The first-order chi connectivity index (χ1) is 11.7. The Balaban J connectivity index is 2.05. The normalized spacial score (nSPS) is 17.7. The van der Waals surface area contributed by atoms with Gasteiger partial charge in [0.05, 0.1) is 21.8 Å². The predicted octanol–water partition coefficient (Wildman–Crippen LogP) is 4.90. The Morgan fingerprint density at radius 3 is 2.16 bits per heavy atom. The first-order valence-corrected chi connectivity index (χ1v) is 15.6. The largest absolute Gasteiger partial charge is 0.256 e. The zero-order valence-corrected chi connectivity index (χ0v) is 18.2. The van der Waals surface area contributed by atoms with Gasteiger partial charge in [0.1, 0.15) is 0 Å². The van der Waals surface area contributed by atoms with Crippen LogP contribution in [0.4, 0.5) is 0 Å². The zero-order chi connectivity index (χ0) is 18.0. The lowest BCUT2D eigenvalue weighted by molar-refractivity contribution is 1.33. The van der Waals surface area contributed by atoms with Crippen molar-refractivity contribution in [2.75, 3.05) is 0 Å². The minimum absolute atomic E-state index is 1.14. The third-order valence-electron chi connectivity index (χ3n) is 5.73. The van der Waals surface area contributed by atoms with Crippen LogP contribution in [0, 0.1) is 13.8 Å². The topological polar surface area (TPSA) is 12.9 Å². The van der Waals surface area contributed by atoms with Crippen LogP contribution in [0.1, 0.15) is 11.1 Å². The summed E-state index contributed by atoms with van der Waals surface area (Å²) in [4.78, 5) is 4.80. The van der Waals surface area contributed by atoms with Crippen LogP contribution in [0.25, 0.3) is 22.0 Å². The lowest BCUT2D eigenvalue weighted by Gasteiger charge is -2.20. The van der Waals surface area contributed by atoms with Crippen molar-refractivity contribution >= 4 is 37.3 Å². The number of nitrogens with zero attached hydrogens (tertiary/aromatic N) is 1. The monoisotopic (exact) mass is 361 g/mol. The van der Waals surface area contributed by atoms with Gasteiger partial charge < -0.3 is 0 Å². The number of hydrogen-bond acceptors (Lipinski definition) is 1. The summed E-state index contributed by atoms with van der Waals surface area (Å²) in [7, 11) is -2.66. The van der Waals surface area contributed by atoms with Gasteiger partial charge in [-0.2, -0.15) is 0 Å². The molecule has 0 saturated carbocycles. The van der Waals surface area contributed by atoms with E-state index in [0.29, 0.717) is 0 Å². The van der Waals surface area contributed by atoms with Crippen molar-refractivity contribution in [2.24, 2.45) is 0 Å². The minimum atomic E-state index is -1.37. The van der Waals surface area contributed by atoms with Crippen molar-refractivity contribution in [3.8, 4) is 11.3 Å². The highest BCUT2D eigenvalue weighted by Gasteiger charge is 2.45. The predicted molar refractivity (Wildman–Crippen MR) is 116 cm³/mol. The summed E-state index contributed by atoms with van der Waals surface area (Å²) in [6, 6.07) is 13.8. The highest BCUT2D eigenvalue weighted by atomic mass is 28.4. The molecule has 4 rings (SSSR count). The van der Waals surface area contributed by atoms with Crippen LogP contribution in [0.15, 0.2) is 42.6 Å². The third kappa shape index (κ3) is 2.61. The van der Waals surface area contributed by atoms with E-state index in [2.05, 4.69) is 76.4 Å². The molecule has 0 radical (unpaired) electrons. The maximum Gasteiger partial charge on any atom is 0.0790 e. The van der Waals surface area contributed by atoms with Crippen LogP contribution >= 0.6 is 0 Å². The molecule has 0 saturated heterocycles. The van der Waals surface area contributed by atoms with Gasteiger partial charge in [-0.3, -0.25) is 4.98 Å². The van der Waals surface area contributed by atoms with Gasteiger partial charge in [0.15, 0.2) is 0 Å². The molecule has 0 fully saturated rings. The molecule has 1 aliphatic rings. The van der Waals surface area contributed by atoms with Gasteiger partial charge in [-0.15, -0.1) is 0 Å². The van der Waals surface area contributed by atoms with Crippen molar-refractivity contribution in [2.45, 2.75) is 45.7 Å². The van der Waals surface area contributed by atoms with E-state index in [1.807, 2.05) is 6.20 Å². The lowest BCUT2D eigenvalue weighted by Crippen LogP contribution is -2.44. The maximum absolute atomic E-state index is 4.80. The smallest absolute Gasteiger partial charge is 0.0790 e. The van der Waals surface area contributed by atoms with Gasteiger partial charge in [-0.05, 0) is 37.4 Å². The molecule has 128 valence electrons. The molecule has 0 unspecified atom stereocenters. The molecule has 0 amide bonds. The van der Waals surface area contributed by atoms with Crippen LogP contribution in [0.2, 0.25) is 31.9 Å². The summed E-state index contributed by atoms with van der Waals surface area (Å²) in [6.07, 6.45) is 2.02. The Bertz CT molecular complexity index is 982. The summed E-state index contributed by atoms with van der Waals surface area (Å²) in [5.41, 5.74) is 6.46. The van der Waals surface area contributed by atoms with E-state index in [1.54, 1.807) is 10.4 Å². The fourth-order valence-corrected chi connectivity index (χ4v) is 20.6. The second-order valence-electron chi connectivity index (χ2n) is 9.06. The molecule has 0 spiro atoms. The molecule has 2 aromatic carbocycles. The number of aryl methyl sites for hydroxylation is 2. The average molecular weight is 362 g/mol. The number of benzene rings is 2. The molecule has 0 N–H and O–H groups in total. The molecule has 25 heavy (non-hydrogen) atoms. The molecule has 1 aliphatic heterocycles. The molecule has 1 nitrogen and oxygen atoms in total. The van der Waals surface area contributed by atoms with Gasteiger partial charge in [-0.1, -0.05) is 71.6 Å². The maximum atomic E-state index is 4.80. The SMILES string of the molecule is Cc1cc(C)cc(-c2nccc3c4c(ccc23)[Si](C)(C)C[Si]4(C)C)c1. The summed E-state index contributed by atoms with van der Waals surface area (Å²) in [5, 5.41) is 6.22. The van der Waals surface area contributed by atoms with E-state index in [0.717, 1.165) is 5.69 Å². The quantitative estimate of drug-likeness (QED) is 0.562. The Morgan fingerprint density at radius 2 is 1.48 bits per heavy atom. The average Bonchev–Trinajstić information content (AvgIpc) is 2.70. The van der Waals surface area contributed by atoms with E-state index < -0.39 is 16.1 Å². The Kier molecular flexibility index (Phi) is 3.61. The Morgan fingerprint density at radius 1 is 0.800 bits per heavy atom. The zero-order valence-electron chi connectivity index (χ0n) is 16.2. The van der Waals surface area contributed by atoms with Crippen LogP contribution < -0.4 is 10.4 Å². The lowest BCUT2D eigenvalue weighted by atomic mass is 10.0. The van der Waals surface area contributed by atoms with Crippen molar-refractivity contribution in [1.29, 1.82) is 0 Å². The van der Waals surface area contributed by atoms with Crippen molar-refractivity contribution < 1.29 is 0 Å². The van der Waals surface area contributed by atoms with E-state index in [-0.39, 0.29) is 0 Å². The van der Waals surface area contributed by atoms with Gasteiger partial charge in [-0.25, -0.2) is 0 Å². The van der Waals surface area contributed by atoms with Gasteiger partial charge in [0.25, 0.3) is 0 Å².